The van der Waals surface area contributed by atoms with Crippen molar-refractivity contribution in [2.24, 2.45) is 5.92 Å². The van der Waals surface area contributed by atoms with Gasteiger partial charge in [-0.15, -0.1) is 0 Å². The van der Waals surface area contributed by atoms with Crippen molar-refractivity contribution in [3.63, 3.8) is 0 Å². The third-order valence-electron chi connectivity index (χ3n) is 4.93. The maximum atomic E-state index is 12.1. The third-order valence-corrected chi connectivity index (χ3v) is 4.93. The van der Waals surface area contributed by atoms with Crippen molar-refractivity contribution >= 4 is 5.97 Å². The molecule has 0 saturated carbocycles. The number of nitriles is 1. The molecule has 0 amide bonds. The molecule has 0 aromatic rings. The molecule has 4 heteroatoms. The lowest BCUT2D eigenvalue weighted by Gasteiger charge is -2.35. The van der Waals surface area contributed by atoms with E-state index in [9.17, 15) is 10.1 Å². The van der Waals surface area contributed by atoms with Gasteiger partial charge in [0.1, 0.15) is 11.6 Å². The third kappa shape index (κ3) is 5.76. The van der Waals surface area contributed by atoms with Gasteiger partial charge in [-0.1, -0.05) is 47.0 Å². The number of hydrogen-bond acceptors (Lipinski definition) is 4. The minimum atomic E-state index is -0.536. The monoisotopic (exact) mass is 358 g/mol. The molecule has 4 nitrogen and oxygen atoms in total. The van der Waals surface area contributed by atoms with E-state index in [1.807, 2.05) is 18.2 Å². The fourth-order valence-electron chi connectivity index (χ4n) is 3.31. The van der Waals surface area contributed by atoms with Gasteiger partial charge in [-0.05, 0) is 44.3 Å². The lowest BCUT2D eigenvalue weighted by Crippen LogP contribution is -2.30. The van der Waals surface area contributed by atoms with Gasteiger partial charge in [-0.3, -0.25) is 0 Å². The molecule has 0 radical (unpaired) electrons. The predicted octanol–water partition coefficient (Wildman–Crippen LogP) is 5.49. The van der Waals surface area contributed by atoms with E-state index in [1.54, 1.807) is 6.92 Å². The molecule has 1 atom stereocenters. The first-order chi connectivity index (χ1) is 12.6. The van der Waals surface area contributed by atoms with Gasteiger partial charge in [0, 0.05) is 23.5 Å². The van der Waals surface area contributed by atoms with Crippen LogP contribution in [0, 0.1) is 17.2 Å². The Morgan fingerprint density at radius 1 is 1.15 bits per heavy atom. The molecule has 0 aromatic carbocycles. The summed E-state index contributed by atoms with van der Waals surface area (Å²) in [6.45, 7) is 11.8. The van der Waals surface area contributed by atoms with Crippen molar-refractivity contribution < 1.29 is 9.53 Å². The minimum Gasteiger partial charge on any atom is -0.462 e. The Morgan fingerprint density at radius 2 is 1.77 bits per heavy atom. The van der Waals surface area contributed by atoms with Gasteiger partial charge >= 0.3 is 5.97 Å². The van der Waals surface area contributed by atoms with Crippen LogP contribution in [0.2, 0.25) is 0 Å². The molecule has 1 heterocycles. The number of nitrogens with zero attached hydrogens (tertiary/aromatic N) is 2. The molecule has 1 rings (SSSR count). The highest BCUT2D eigenvalue weighted by Gasteiger charge is 2.23. The minimum absolute atomic E-state index is 0.0985. The second-order valence-corrected chi connectivity index (χ2v) is 6.67. The first-order valence-corrected chi connectivity index (χ1v) is 10.1. The summed E-state index contributed by atoms with van der Waals surface area (Å²) in [7, 11) is 0. The Morgan fingerprint density at radius 3 is 2.19 bits per heavy atom. The van der Waals surface area contributed by atoms with E-state index >= 15 is 0 Å². The van der Waals surface area contributed by atoms with Crippen molar-refractivity contribution in [1.29, 1.82) is 5.26 Å². The molecule has 0 aliphatic carbocycles. The van der Waals surface area contributed by atoms with Crippen molar-refractivity contribution in [1.82, 2.24) is 4.90 Å². The van der Waals surface area contributed by atoms with E-state index in [0.29, 0.717) is 11.5 Å². The van der Waals surface area contributed by atoms with Gasteiger partial charge in [0.2, 0.25) is 0 Å². The van der Waals surface area contributed by atoms with Crippen LogP contribution in [-0.2, 0) is 9.53 Å². The molecule has 1 aliphatic heterocycles. The number of rotatable bonds is 10. The second kappa shape index (κ2) is 11.6. The number of carbonyl (C=O) groups excluding carboxylic acids is 1. The lowest BCUT2D eigenvalue weighted by atomic mass is 9.95. The average molecular weight is 359 g/mol. The van der Waals surface area contributed by atoms with Gasteiger partial charge < -0.3 is 9.64 Å². The summed E-state index contributed by atoms with van der Waals surface area (Å²) in [4.78, 5) is 14.5. The molecule has 0 aromatic heterocycles. The highest BCUT2D eigenvalue weighted by atomic mass is 16.5. The van der Waals surface area contributed by atoms with E-state index in [2.05, 4.69) is 32.6 Å². The zero-order chi connectivity index (χ0) is 19.5. The maximum Gasteiger partial charge on any atom is 0.349 e. The number of esters is 1. The van der Waals surface area contributed by atoms with Gasteiger partial charge in [0.15, 0.2) is 0 Å². The van der Waals surface area contributed by atoms with Crippen LogP contribution in [0.25, 0.3) is 0 Å². The van der Waals surface area contributed by atoms with Crippen LogP contribution in [-0.4, -0.2) is 24.0 Å². The zero-order valence-corrected chi connectivity index (χ0v) is 17.1. The molecule has 1 unspecified atom stereocenters. The summed E-state index contributed by atoms with van der Waals surface area (Å²) < 4.78 is 5.05. The van der Waals surface area contributed by atoms with E-state index in [-0.39, 0.29) is 12.2 Å². The summed E-state index contributed by atoms with van der Waals surface area (Å²) >= 11 is 0. The Balaban J connectivity index is 3.21. The molecular formula is C22H34N2O2. The van der Waals surface area contributed by atoms with Crippen LogP contribution in [0.1, 0.15) is 73.1 Å². The van der Waals surface area contributed by atoms with Gasteiger partial charge in [-0.25, -0.2) is 4.79 Å². The summed E-state index contributed by atoms with van der Waals surface area (Å²) in [6.07, 6.45) is 10.6. The fourth-order valence-corrected chi connectivity index (χ4v) is 3.31. The zero-order valence-electron chi connectivity index (χ0n) is 17.1. The molecule has 1 aliphatic rings. The number of ether oxygens (including phenoxy) is 1. The number of hydrogen-bond donors (Lipinski definition) is 0. The van der Waals surface area contributed by atoms with Crippen LogP contribution in [0.4, 0.5) is 0 Å². The second-order valence-electron chi connectivity index (χ2n) is 6.67. The lowest BCUT2D eigenvalue weighted by molar-refractivity contribution is -0.138. The number of unbranched alkanes of at least 4 members (excludes halogenated alkanes) is 1. The normalized spacial score (nSPS) is 15.1. The Kier molecular flexibility index (Phi) is 9.80. The van der Waals surface area contributed by atoms with Crippen LogP contribution in [0.5, 0.6) is 0 Å². The highest BCUT2D eigenvalue weighted by Crippen LogP contribution is 2.31. The Bertz CT molecular complexity index is 584. The molecule has 0 bridgehead atoms. The van der Waals surface area contributed by atoms with E-state index < -0.39 is 5.97 Å². The topological polar surface area (TPSA) is 53.3 Å². The molecular weight excluding hydrogens is 324 g/mol. The van der Waals surface area contributed by atoms with Crippen LogP contribution in [0.15, 0.2) is 34.7 Å². The van der Waals surface area contributed by atoms with Gasteiger partial charge in [-0.2, -0.15) is 5.26 Å². The van der Waals surface area contributed by atoms with Crippen molar-refractivity contribution in [3.05, 3.63) is 34.7 Å². The first kappa shape index (κ1) is 22.0. The predicted molar refractivity (Wildman–Crippen MR) is 106 cm³/mol. The number of allylic oxidation sites excluding steroid dienone is 5. The Hall–Kier alpha value is -2.02. The molecule has 0 saturated heterocycles. The first-order valence-electron chi connectivity index (χ1n) is 10.1. The number of carbonyl (C=O) groups is 1. The smallest absolute Gasteiger partial charge is 0.349 e. The summed E-state index contributed by atoms with van der Waals surface area (Å²) in [5.41, 5.74) is 3.12. The van der Waals surface area contributed by atoms with Gasteiger partial charge in [0.05, 0.1) is 6.61 Å². The van der Waals surface area contributed by atoms with Crippen LogP contribution < -0.4 is 0 Å². The van der Waals surface area contributed by atoms with Crippen LogP contribution >= 0.6 is 0 Å². The molecule has 144 valence electrons. The van der Waals surface area contributed by atoms with E-state index in [1.165, 1.54) is 37.1 Å². The highest BCUT2D eigenvalue weighted by molar-refractivity contribution is 5.95. The van der Waals surface area contributed by atoms with Crippen molar-refractivity contribution in [2.75, 3.05) is 13.2 Å². The molecule has 0 spiro atoms. The molecule has 26 heavy (non-hydrogen) atoms. The molecule has 0 fully saturated rings. The van der Waals surface area contributed by atoms with Crippen molar-refractivity contribution in [2.45, 2.75) is 73.1 Å². The Labute approximate surface area is 159 Å². The van der Waals surface area contributed by atoms with E-state index in [0.717, 1.165) is 19.4 Å². The van der Waals surface area contributed by atoms with Crippen LogP contribution in [0.3, 0.4) is 0 Å². The summed E-state index contributed by atoms with van der Waals surface area (Å²) in [5, 5.41) is 9.46. The largest absolute Gasteiger partial charge is 0.462 e. The SMILES string of the molecule is CCCCC(CC)CN1C(CC)=CC(=C(C#N)C(=O)OCC)C=C1CC. The summed E-state index contributed by atoms with van der Waals surface area (Å²) in [6, 6.07) is 2.04. The van der Waals surface area contributed by atoms with E-state index in [4.69, 9.17) is 4.74 Å². The van der Waals surface area contributed by atoms with Crippen molar-refractivity contribution in [3.8, 4) is 6.07 Å². The maximum absolute atomic E-state index is 12.1. The quantitative estimate of drug-likeness (QED) is 0.294. The van der Waals surface area contributed by atoms with Gasteiger partial charge in [0.25, 0.3) is 0 Å². The average Bonchev–Trinajstić information content (AvgIpc) is 2.65. The molecule has 0 N–H and O–H groups in total. The fraction of sp³-hybridized carbons (Fsp3) is 0.636. The standard InChI is InChI=1S/C22H34N2O2/c1-6-11-12-17(7-2)16-24-19(8-3)13-18(14-20(24)9-4)21(15-23)22(25)26-10-5/h13-14,17H,6-12,16H2,1-5H3. The summed E-state index contributed by atoms with van der Waals surface area (Å²) in [5.74, 6) is 0.122.